The molecule has 1 atom stereocenters. The van der Waals surface area contributed by atoms with E-state index in [1.807, 2.05) is 6.07 Å². The molecule has 2 amide bonds. The highest BCUT2D eigenvalue weighted by molar-refractivity contribution is 5.97. The Morgan fingerprint density at radius 3 is 2.64 bits per heavy atom. The Kier molecular flexibility index (Phi) is 6.05. The number of benzene rings is 1. The second kappa shape index (κ2) is 8.66. The van der Waals surface area contributed by atoms with Crippen molar-refractivity contribution in [3.63, 3.8) is 0 Å². The lowest BCUT2D eigenvalue weighted by atomic mass is 10.1. The lowest BCUT2D eigenvalue weighted by Gasteiger charge is -2.36. The molecule has 0 radical (unpaired) electrons. The molecular formula is C19H22N4O5. The van der Waals surface area contributed by atoms with Crippen LogP contribution in [-0.2, 0) is 11.3 Å². The molecule has 1 saturated heterocycles. The monoisotopic (exact) mass is 386 g/mol. The van der Waals surface area contributed by atoms with Crippen molar-refractivity contribution in [2.45, 2.75) is 19.5 Å². The zero-order valence-corrected chi connectivity index (χ0v) is 15.5. The summed E-state index contributed by atoms with van der Waals surface area (Å²) in [5.41, 5.74) is 1.32. The second-order valence-electron chi connectivity index (χ2n) is 6.74. The van der Waals surface area contributed by atoms with E-state index in [1.54, 1.807) is 30.0 Å². The van der Waals surface area contributed by atoms with Crippen LogP contribution in [0.25, 0.3) is 0 Å². The molecule has 1 N–H and O–H groups in total. The Labute approximate surface area is 162 Å². The topological polar surface area (TPSA) is 109 Å². The molecule has 28 heavy (non-hydrogen) atoms. The van der Waals surface area contributed by atoms with E-state index in [1.165, 1.54) is 18.6 Å². The number of hydrogen-bond donors (Lipinski definition) is 1. The van der Waals surface area contributed by atoms with Gasteiger partial charge in [0.15, 0.2) is 0 Å². The van der Waals surface area contributed by atoms with E-state index in [9.17, 15) is 19.7 Å². The van der Waals surface area contributed by atoms with Gasteiger partial charge in [0, 0.05) is 44.9 Å². The van der Waals surface area contributed by atoms with Crippen molar-refractivity contribution in [3.05, 3.63) is 64.1 Å². The van der Waals surface area contributed by atoms with Crippen molar-refractivity contribution in [2.24, 2.45) is 0 Å². The first-order chi connectivity index (χ1) is 13.4. The third-order valence-corrected chi connectivity index (χ3v) is 4.71. The van der Waals surface area contributed by atoms with Crippen LogP contribution in [0.4, 0.5) is 5.69 Å². The minimum absolute atomic E-state index is 0.0773. The Balaban J connectivity index is 1.49. The molecule has 1 fully saturated rings. The predicted octanol–water partition coefficient (Wildman–Crippen LogP) is 1.65. The summed E-state index contributed by atoms with van der Waals surface area (Å²) in [6, 6.07) is 7.49. The zero-order chi connectivity index (χ0) is 20.1. The summed E-state index contributed by atoms with van der Waals surface area (Å²) in [5, 5.41) is 13.6. The highest BCUT2D eigenvalue weighted by atomic mass is 16.6. The summed E-state index contributed by atoms with van der Waals surface area (Å²) in [6.45, 7) is 4.67. The van der Waals surface area contributed by atoms with Gasteiger partial charge in [-0.3, -0.25) is 24.6 Å². The number of nitro groups is 1. The predicted molar refractivity (Wildman–Crippen MR) is 101 cm³/mol. The Morgan fingerprint density at radius 2 is 2.00 bits per heavy atom. The minimum atomic E-state index is -0.634. The number of piperazine rings is 1. The lowest BCUT2D eigenvalue weighted by molar-refractivity contribution is -0.384. The summed E-state index contributed by atoms with van der Waals surface area (Å²) < 4.78 is 4.88. The third kappa shape index (κ3) is 4.74. The van der Waals surface area contributed by atoms with Crippen LogP contribution >= 0.6 is 0 Å². The normalized spacial score (nSPS) is 15.8. The zero-order valence-electron chi connectivity index (χ0n) is 15.5. The molecule has 0 bridgehead atoms. The highest BCUT2D eigenvalue weighted by Crippen LogP contribution is 2.16. The van der Waals surface area contributed by atoms with Crippen molar-refractivity contribution < 1.29 is 18.9 Å². The Morgan fingerprint density at radius 1 is 1.25 bits per heavy atom. The largest absolute Gasteiger partial charge is 0.472 e. The van der Waals surface area contributed by atoms with E-state index in [0.29, 0.717) is 38.3 Å². The highest BCUT2D eigenvalue weighted by Gasteiger charge is 2.26. The van der Waals surface area contributed by atoms with Gasteiger partial charge in [0.1, 0.15) is 12.3 Å². The molecule has 148 valence electrons. The number of hydrogen-bond acceptors (Lipinski definition) is 6. The summed E-state index contributed by atoms with van der Waals surface area (Å²) in [6.07, 6.45) is 2.74. The number of nitro benzene ring substituents is 1. The molecule has 0 spiro atoms. The molecular weight excluding hydrogens is 364 g/mol. The number of non-ortho nitro benzene ring substituents is 1. The van der Waals surface area contributed by atoms with Crippen LogP contribution in [0.1, 0.15) is 22.8 Å². The third-order valence-electron chi connectivity index (χ3n) is 4.71. The molecule has 9 heteroatoms. The van der Waals surface area contributed by atoms with Gasteiger partial charge < -0.3 is 14.6 Å². The fourth-order valence-electron chi connectivity index (χ4n) is 3.16. The second-order valence-corrected chi connectivity index (χ2v) is 6.74. The maximum atomic E-state index is 12.6. The maximum absolute atomic E-state index is 12.6. The first-order valence-electron chi connectivity index (χ1n) is 9.01. The van der Waals surface area contributed by atoms with Gasteiger partial charge in [-0.05, 0) is 18.6 Å². The van der Waals surface area contributed by atoms with Crippen molar-refractivity contribution in [1.82, 2.24) is 15.1 Å². The van der Waals surface area contributed by atoms with Crippen LogP contribution in [-0.4, -0.2) is 58.8 Å². The van der Waals surface area contributed by atoms with Crippen LogP contribution in [0.3, 0.4) is 0 Å². The van der Waals surface area contributed by atoms with Gasteiger partial charge in [0.05, 0.1) is 16.7 Å². The van der Waals surface area contributed by atoms with E-state index in [0.717, 1.165) is 5.56 Å². The van der Waals surface area contributed by atoms with Crippen LogP contribution < -0.4 is 5.32 Å². The van der Waals surface area contributed by atoms with Gasteiger partial charge in [-0.2, -0.15) is 0 Å². The molecule has 9 nitrogen and oxygen atoms in total. The van der Waals surface area contributed by atoms with Gasteiger partial charge in [-0.1, -0.05) is 12.1 Å². The first-order valence-corrected chi connectivity index (χ1v) is 9.01. The van der Waals surface area contributed by atoms with Crippen molar-refractivity contribution in [2.75, 3.05) is 26.2 Å². The van der Waals surface area contributed by atoms with Crippen LogP contribution in [0.5, 0.6) is 0 Å². The maximum Gasteiger partial charge on any atom is 0.269 e. The number of nitrogens with one attached hydrogen (secondary N) is 1. The van der Waals surface area contributed by atoms with E-state index in [2.05, 4.69) is 10.2 Å². The van der Waals surface area contributed by atoms with E-state index in [-0.39, 0.29) is 17.5 Å². The molecule has 0 saturated carbocycles. The van der Waals surface area contributed by atoms with Crippen molar-refractivity contribution in [1.29, 1.82) is 0 Å². The van der Waals surface area contributed by atoms with Gasteiger partial charge in [-0.25, -0.2) is 0 Å². The lowest BCUT2D eigenvalue weighted by Crippen LogP contribution is -2.53. The SMILES string of the molecule is CC(NC(=O)c1ccoc1)C(=O)N1CCN(Cc2cccc([N+](=O)[O-])c2)CC1. The van der Waals surface area contributed by atoms with Crippen LogP contribution in [0.15, 0.2) is 47.3 Å². The van der Waals surface area contributed by atoms with Crippen LogP contribution in [0.2, 0.25) is 0 Å². The van der Waals surface area contributed by atoms with Gasteiger partial charge in [-0.15, -0.1) is 0 Å². The summed E-state index contributed by atoms with van der Waals surface area (Å²) >= 11 is 0. The molecule has 1 unspecified atom stereocenters. The van der Waals surface area contributed by atoms with Gasteiger partial charge >= 0.3 is 0 Å². The van der Waals surface area contributed by atoms with Crippen molar-refractivity contribution in [3.8, 4) is 0 Å². The summed E-state index contributed by atoms with van der Waals surface area (Å²) in [5.74, 6) is -0.481. The van der Waals surface area contributed by atoms with Crippen LogP contribution in [0, 0.1) is 10.1 Å². The molecule has 1 aromatic carbocycles. The van der Waals surface area contributed by atoms with Gasteiger partial charge in [0.25, 0.3) is 11.6 Å². The van der Waals surface area contributed by atoms with Crippen molar-refractivity contribution >= 4 is 17.5 Å². The smallest absolute Gasteiger partial charge is 0.269 e. The quantitative estimate of drug-likeness (QED) is 0.597. The average molecular weight is 386 g/mol. The molecule has 2 aromatic rings. The number of amides is 2. The summed E-state index contributed by atoms with van der Waals surface area (Å²) in [4.78, 5) is 39.0. The Hall–Kier alpha value is -3.20. The Bertz CT molecular complexity index is 844. The number of carbonyl (C=O) groups is 2. The summed E-state index contributed by atoms with van der Waals surface area (Å²) in [7, 11) is 0. The number of carbonyl (C=O) groups excluding carboxylic acids is 2. The average Bonchev–Trinajstić information content (AvgIpc) is 3.23. The molecule has 1 aliphatic heterocycles. The van der Waals surface area contributed by atoms with Gasteiger partial charge in [0.2, 0.25) is 5.91 Å². The molecule has 0 aliphatic carbocycles. The molecule has 2 heterocycles. The molecule has 3 rings (SSSR count). The van der Waals surface area contributed by atoms with E-state index < -0.39 is 11.0 Å². The van der Waals surface area contributed by atoms with E-state index in [4.69, 9.17) is 4.42 Å². The number of rotatable bonds is 6. The minimum Gasteiger partial charge on any atom is -0.472 e. The number of nitrogens with zero attached hydrogens (tertiary/aromatic N) is 3. The molecule has 1 aromatic heterocycles. The van der Waals surface area contributed by atoms with E-state index >= 15 is 0 Å². The standard InChI is InChI=1S/C19H22N4O5/c1-14(20-18(24)16-5-10-28-13-16)19(25)22-8-6-21(7-9-22)12-15-3-2-4-17(11-15)23(26)27/h2-5,10-11,13-14H,6-9,12H2,1H3,(H,20,24). The molecule has 1 aliphatic rings. The fraction of sp³-hybridized carbons (Fsp3) is 0.368. The first kappa shape index (κ1) is 19.6. The number of furan rings is 1. The fourth-order valence-corrected chi connectivity index (χ4v) is 3.16.